The number of aromatic hydroxyl groups is 1. The summed E-state index contributed by atoms with van der Waals surface area (Å²) in [6.45, 7) is 4.95. The van der Waals surface area contributed by atoms with Gasteiger partial charge in [0.1, 0.15) is 17.4 Å². The summed E-state index contributed by atoms with van der Waals surface area (Å²) in [5.74, 6) is -2.98. The predicted molar refractivity (Wildman–Crippen MR) is 70.9 cm³/mol. The number of rotatable bonds is 3. The highest BCUT2D eigenvalue weighted by Gasteiger charge is 2.31. The molecule has 1 aromatic rings. The third kappa shape index (κ3) is 2.31. The first kappa shape index (κ1) is 14.2. The van der Waals surface area contributed by atoms with Gasteiger partial charge in [0.05, 0.1) is 5.56 Å². The molecule has 20 heavy (non-hydrogen) atoms. The fourth-order valence-electron chi connectivity index (χ4n) is 2.20. The van der Waals surface area contributed by atoms with E-state index in [1.165, 1.54) is 6.07 Å². The molecule has 1 N–H and O–H groups in total. The molecule has 0 aliphatic carbocycles. The van der Waals surface area contributed by atoms with Gasteiger partial charge in [0.25, 0.3) is 0 Å². The summed E-state index contributed by atoms with van der Waals surface area (Å²) in [4.78, 5) is 35.5. The number of benzene rings is 1. The van der Waals surface area contributed by atoms with Crippen molar-refractivity contribution in [3.8, 4) is 5.75 Å². The predicted octanol–water partition coefficient (Wildman–Crippen LogP) is 1.90. The molecule has 2 rings (SSSR count). The van der Waals surface area contributed by atoms with Crippen molar-refractivity contribution in [3.63, 3.8) is 0 Å². The number of hydrogen-bond donors (Lipinski definition) is 1. The van der Waals surface area contributed by atoms with Crippen LogP contribution in [0.5, 0.6) is 5.75 Å². The third-order valence-electron chi connectivity index (χ3n) is 3.28. The first-order chi connectivity index (χ1) is 9.32. The number of carbonyl (C=O) groups excluding carboxylic acids is 3. The van der Waals surface area contributed by atoms with E-state index in [1.807, 2.05) is 0 Å². The lowest BCUT2D eigenvalue weighted by molar-refractivity contribution is -0.117. The van der Waals surface area contributed by atoms with E-state index in [0.29, 0.717) is 12.0 Å². The quantitative estimate of drug-likeness (QED) is 0.518. The maximum Gasteiger partial charge on any atom is 0.342 e. The van der Waals surface area contributed by atoms with Gasteiger partial charge in [-0.2, -0.15) is 0 Å². The van der Waals surface area contributed by atoms with Crippen LogP contribution in [0.1, 0.15) is 47.1 Å². The van der Waals surface area contributed by atoms with E-state index < -0.39 is 29.2 Å². The SMILES string of the molecule is CC1Cc2ccc(C(=O)C(=O)C(C)C)c(O)c2C(=O)O1. The molecule has 1 atom stereocenters. The van der Waals surface area contributed by atoms with Gasteiger partial charge in [-0.1, -0.05) is 19.9 Å². The Bertz CT molecular complexity index is 601. The Balaban J connectivity index is 2.49. The standard InChI is InChI=1S/C15H16O5/c1-7(2)12(16)14(18)10-5-4-9-6-8(3)20-15(19)11(9)13(10)17/h4-5,7-8,17H,6H2,1-3H3. The zero-order valence-corrected chi connectivity index (χ0v) is 11.6. The number of hydrogen-bond acceptors (Lipinski definition) is 5. The summed E-state index contributed by atoms with van der Waals surface area (Å²) in [5.41, 5.74) is 0.472. The van der Waals surface area contributed by atoms with E-state index in [4.69, 9.17) is 4.74 Å². The number of ether oxygens (including phenoxy) is 1. The number of fused-ring (bicyclic) bond motifs is 1. The second-order valence-corrected chi connectivity index (χ2v) is 5.26. The molecule has 106 valence electrons. The number of ketones is 2. The molecular weight excluding hydrogens is 260 g/mol. The lowest BCUT2D eigenvalue weighted by Crippen LogP contribution is -2.26. The van der Waals surface area contributed by atoms with E-state index in [1.54, 1.807) is 26.8 Å². The van der Waals surface area contributed by atoms with Crippen molar-refractivity contribution in [2.75, 3.05) is 0 Å². The maximum absolute atomic E-state index is 12.0. The van der Waals surface area contributed by atoms with Gasteiger partial charge in [-0.3, -0.25) is 9.59 Å². The Morgan fingerprint density at radius 1 is 1.35 bits per heavy atom. The average Bonchev–Trinajstić information content (AvgIpc) is 2.36. The zero-order valence-electron chi connectivity index (χ0n) is 11.6. The van der Waals surface area contributed by atoms with Crippen LogP contribution in [0.25, 0.3) is 0 Å². The highest BCUT2D eigenvalue weighted by atomic mass is 16.5. The van der Waals surface area contributed by atoms with Gasteiger partial charge in [-0.15, -0.1) is 0 Å². The minimum Gasteiger partial charge on any atom is -0.506 e. The lowest BCUT2D eigenvalue weighted by atomic mass is 9.92. The van der Waals surface area contributed by atoms with Gasteiger partial charge < -0.3 is 9.84 Å². The van der Waals surface area contributed by atoms with Crippen molar-refractivity contribution in [3.05, 3.63) is 28.8 Å². The van der Waals surface area contributed by atoms with E-state index in [0.717, 1.165) is 0 Å². The van der Waals surface area contributed by atoms with Crippen LogP contribution in [-0.4, -0.2) is 28.7 Å². The normalized spacial score (nSPS) is 17.6. The first-order valence-corrected chi connectivity index (χ1v) is 6.47. The average molecular weight is 276 g/mol. The van der Waals surface area contributed by atoms with Crippen molar-refractivity contribution < 1.29 is 24.2 Å². The smallest absolute Gasteiger partial charge is 0.342 e. The van der Waals surface area contributed by atoms with Crippen molar-refractivity contribution in [1.29, 1.82) is 0 Å². The largest absolute Gasteiger partial charge is 0.506 e. The van der Waals surface area contributed by atoms with Crippen LogP contribution in [0, 0.1) is 5.92 Å². The van der Waals surface area contributed by atoms with Crippen molar-refractivity contribution in [2.45, 2.75) is 33.3 Å². The Kier molecular flexibility index (Phi) is 3.61. The van der Waals surface area contributed by atoms with Crippen molar-refractivity contribution in [1.82, 2.24) is 0 Å². The molecule has 0 amide bonds. The van der Waals surface area contributed by atoms with E-state index in [-0.39, 0.29) is 17.2 Å². The molecule has 0 aromatic heterocycles. The Morgan fingerprint density at radius 3 is 2.60 bits per heavy atom. The Labute approximate surface area is 116 Å². The van der Waals surface area contributed by atoms with Crippen LogP contribution in [0.15, 0.2) is 12.1 Å². The monoisotopic (exact) mass is 276 g/mol. The van der Waals surface area contributed by atoms with E-state index in [2.05, 4.69) is 0 Å². The maximum atomic E-state index is 12.0. The highest BCUT2D eigenvalue weighted by Crippen LogP contribution is 2.32. The van der Waals surface area contributed by atoms with Crippen molar-refractivity contribution >= 4 is 17.5 Å². The minimum atomic E-state index is -0.785. The number of carbonyl (C=O) groups is 3. The van der Waals surface area contributed by atoms with Gasteiger partial charge in [-0.05, 0) is 18.6 Å². The molecule has 5 heteroatoms. The molecular formula is C15H16O5. The molecule has 1 unspecified atom stereocenters. The molecule has 1 aliphatic rings. The molecule has 0 radical (unpaired) electrons. The molecule has 1 aliphatic heterocycles. The van der Waals surface area contributed by atoms with Crippen LogP contribution < -0.4 is 0 Å². The van der Waals surface area contributed by atoms with Gasteiger partial charge >= 0.3 is 5.97 Å². The summed E-state index contributed by atoms with van der Waals surface area (Å²) >= 11 is 0. The molecule has 0 spiro atoms. The molecule has 1 heterocycles. The lowest BCUT2D eigenvalue weighted by Gasteiger charge is -2.23. The van der Waals surface area contributed by atoms with E-state index >= 15 is 0 Å². The fraction of sp³-hybridized carbons (Fsp3) is 0.400. The molecule has 5 nitrogen and oxygen atoms in total. The van der Waals surface area contributed by atoms with Crippen LogP contribution in [0.2, 0.25) is 0 Å². The molecule has 0 bridgehead atoms. The minimum absolute atomic E-state index is 0.00879. The Morgan fingerprint density at radius 2 is 2.00 bits per heavy atom. The summed E-state index contributed by atoms with van der Waals surface area (Å²) in [7, 11) is 0. The van der Waals surface area contributed by atoms with Crippen LogP contribution in [0.3, 0.4) is 0 Å². The second kappa shape index (κ2) is 5.07. The highest BCUT2D eigenvalue weighted by molar-refractivity contribution is 6.45. The van der Waals surface area contributed by atoms with Gasteiger partial charge in [0, 0.05) is 12.3 Å². The van der Waals surface area contributed by atoms with Crippen LogP contribution in [0.4, 0.5) is 0 Å². The van der Waals surface area contributed by atoms with Gasteiger partial charge in [0.2, 0.25) is 11.6 Å². The molecule has 1 aromatic carbocycles. The second-order valence-electron chi connectivity index (χ2n) is 5.26. The van der Waals surface area contributed by atoms with Crippen LogP contribution in [-0.2, 0) is 16.0 Å². The first-order valence-electron chi connectivity index (χ1n) is 6.47. The fourth-order valence-corrected chi connectivity index (χ4v) is 2.20. The number of Topliss-reactive ketones (excluding diaryl/α,β-unsaturated/α-hetero) is 2. The summed E-state index contributed by atoms with van der Waals surface area (Å²) in [6, 6.07) is 2.98. The van der Waals surface area contributed by atoms with Gasteiger partial charge in [-0.25, -0.2) is 4.79 Å². The molecule has 0 saturated carbocycles. The number of phenolic OH excluding ortho intramolecular Hbond substituents is 1. The molecule has 0 saturated heterocycles. The number of phenols is 1. The summed E-state index contributed by atoms with van der Waals surface area (Å²) in [6.07, 6.45) is 0.203. The third-order valence-corrected chi connectivity index (χ3v) is 3.28. The number of esters is 1. The summed E-state index contributed by atoms with van der Waals surface area (Å²) < 4.78 is 5.04. The van der Waals surface area contributed by atoms with Gasteiger partial charge in [0.15, 0.2) is 0 Å². The number of cyclic esters (lactones) is 1. The molecule has 0 fully saturated rings. The zero-order chi connectivity index (χ0) is 15.0. The van der Waals surface area contributed by atoms with Crippen molar-refractivity contribution in [2.24, 2.45) is 5.92 Å². The topological polar surface area (TPSA) is 80.7 Å². The van der Waals surface area contributed by atoms with E-state index in [9.17, 15) is 19.5 Å². The Hall–Kier alpha value is -2.17. The summed E-state index contributed by atoms with van der Waals surface area (Å²) in [5, 5.41) is 10.1. The van der Waals surface area contributed by atoms with Crippen LogP contribution >= 0.6 is 0 Å².